The highest BCUT2D eigenvalue weighted by Gasteiger charge is 2.24. The molecule has 0 unspecified atom stereocenters. The second kappa shape index (κ2) is 5.45. The van der Waals surface area contributed by atoms with Crippen molar-refractivity contribution >= 4 is 28.2 Å². The van der Waals surface area contributed by atoms with Crippen molar-refractivity contribution in [1.82, 2.24) is 25.3 Å². The van der Waals surface area contributed by atoms with Gasteiger partial charge in [-0.1, -0.05) is 16.6 Å². The number of hydrogen-bond acceptors (Lipinski definition) is 7. The maximum atomic E-state index is 12.0. The number of rotatable bonds is 6. The van der Waals surface area contributed by atoms with Crippen LogP contribution >= 0.6 is 11.3 Å². The number of amides is 1. The highest BCUT2D eigenvalue weighted by Crippen LogP contribution is 2.30. The molecule has 1 amide bonds. The van der Waals surface area contributed by atoms with Gasteiger partial charge < -0.3 is 16.4 Å². The van der Waals surface area contributed by atoms with Gasteiger partial charge in [-0.05, 0) is 12.8 Å². The highest BCUT2D eigenvalue weighted by atomic mass is 32.1. The summed E-state index contributed by atoms with van der Waals surface area (Å²) in [4.78, 5) is 16.6. The van der Waals surface area contributed by atoms with Crippen LogP contribution in [0.3, 0.4) is 0 Å². The molecule has 1 aliphatic carbocycles. The summed E-state index contributed by atoms with van der Waals surface area (Å²) in [5.41, 5.74) is 5.78. The number of anilines is 2. The van der Waals surface area contributed by atoms with Crippen LogP contribution in [-0.4, -0.2) is 38.5 Å². The minimum atomic E-state index is -0.205. The van der Waals surface area contributed by atoms with Crippen LogP contribution in [0.4, 0.5) is 10.9 Å². The first-order chi connectivity index (χ1) is 9.72. The molecule has 106 valence electrons. The molecule has 0 saturated heterocycles. The molecule has 1 saturated carbocycles. The fourth-order valence-corrected chi connectivity index (χ4v) is 2.55. The van der Waals surface area contributed by atoms with Crippen molar-refractivity contribution < 1.29 is 4.79 Å². The summed E-state index contributed by atoms with van der Waals surface area (Å²) in [5, 5.41) is 14.3. The van der Waals surface area contributed by atoms with E-state index in [0.717, 1.165) is 12.8 Å². The number of nitrogens with one attached hydrogen (secondary N) is 2. The Balaban J connectivity index is 1.54. The Bertz CT molecular complexity index is 590. The Hall–Kier alpha value is -2.16. The van der Waals surface area contributed by atoms with Crippen LogP contribution in [0, 0.1) is 0 Å². The SMILES string of the molecule is Nc1nc(NC2CC2)sc1C(=O)NCCn1ccnn1. The Morgan fingerprint density at radius 2 is 2.40 bits per heavy atom. The van der Waals surface area contributed by atoms with Crippen LogP contribution in [0.1, 0.15) is 22.5 Å². The van der Waals surface area contributed by atoms with E-state index in [-0.39, 0.29) is 11.7 Å². The quantitative estimate of drug-likeness (QED) is 0.707. The van der Waals surface area contributed by atoms with Gasteiger partial charge in [0, 0.05) is 18.8 Å². The Kier molecular flexibility index (Phi) is 3.50. The van der Waals surface area contributed by atoms with Gasteiger partial charge in [0.2, 0.25) is 0 Å². The average molecular weight is 293 g/mol. The molecule has 8 nitrogen and oxygen atoms in total. The molecule has 0 bridgehead atoms. The predicted molar refractivity (Wildman–Crippen MR) is 75.5 cm³/mol. The summed E-state index contributed by atoms with van der Waals surface area (Å²) < 4.78 is 1.65. The minimum absolute atomic E-state index is 0.205. The van der Waals surface area contributed by atoms with Gasteiger partial charge in [-0.2, -0.15) is 0 Å². The lowest BCUT2D eigenvalue weighted by Gasteiger charge is -2.03. The number of nitrogens with zero attached hydrogens (tertiary/aromatic N) is 4. The lowest BCUT2D eigenvalue weighted by molar-refractivity contribution is 0.0956. The van der Waals surface area contributed by atoms with Gasteiger partial charge in [-0.3, -0.25) is 9.48 Å². The zero-order valence-corrected chi connectivity index (χ0v) is 11.6. The van der Waals surface area contributed by atoms with Crippen molar-refractivity contribution in [3.63, 3.8) is 0 Å². The highest BCUT2D eigenvalue weighted by molar-refractivity contribution is 7.18. The summed E-state index contributed by atoms with van der Waals surface area (Å²) in [6.45, 7) is 1.03. The first kappa shape index (κ1) is 12.9. The zero-order valence-electron chi connectivity index (χ0n) is 10.7. The second-order valence-corrected chi connectivity index (χ2v) is 5.57. The lowest BCUT2D eigenvalue weighted by Crippen LogP contribution is -2.27. The van der Waals surface area contributed by atoms with Crippen LogP contribution in [0.5, 0.6) is 0 Å². The molecule has 9 heteroatoms. The molecule has 0 aliphatic heterocycles. The Morgan fingerprint density at radius 1 is 1.55 bits per heavy atom. The van der Waals surface area contributed by atoms with E-state index in [0.29, 0.717) is 29.1 Å². The molecule has 0 spiro atoms. The molecule has 2 heterocycles. The molecular formula is C11H15N7OS. The third-order valence-electron chi connectivity index (χ3n) is 2.86. The average Bonchev–Trinajstić information content (AvgIpc) is 2.94. The topological polar surface area (TPSA) is 111 Å². The number of carbonyl (C=O) groups is 1. The van der Waals surface area contributed by atoms with Gasteiger partial charge in [0.25, 0.3) is 5.91 Å². The summed E-state index contributed by atoms with van der Waals surface area (Å²) in [7, 11) is 0. The van der Waals surface area contributed by atoms with Gasteiger partial charge in [-0.25, -0.2) is 4.98 Å². The predicted octanol–water partition coefficient (Wildman–Crippen LogP) is 0.321. The molecule has 0 atom stereocenters. The van der Waals surface area contributed by atoms with Gasteiger partial charge in [0.1, 0.15) is 10.7 Å². The van der Waals surface area contributed by atoms with Crippen LogP contribution in [0.2, 0.25) is 0 Å². The molecule has 1 aliphatic rings. The molecule has 1 fully saturated rings. The van der Waals surface area contributed by atoms with E-state index in [1.807, 2.05) is 0 Å². The fourth-order valence-electron chi connectivity index (χ4n) is 1.67. The van der Waals surface area contributed by atoms with E-state index in [4.69, 9.17) is 5.73 Å². The van der Waals surface area contributed by atoms with Crippen LogP contribution in [0.15, 0.2) is 12.4 Å². The molecule has 2 aromatic heterocycles. The van der Waals surface area contributed by atoms with Crippen molar-refractivity contribution in [3.05, 3.63) is 17.3 Å². The number of carbonyl (C=O) groups excluding carboxylic acids is 1. The van der Waals surface area contributed by atoms with Crippen molar-refractivity contribution in [2.75, 3.05) is 17.6 Å². The van der Waals surface area contributed by atoms with E-state index in [1.54, 1.807) is 17.1 Å². The van der Waals surface area contributed by atoms with Crippen molar-refractivity contribution in [2.24, 2.45) is 0 Å². The molecule has 2 aromatic rings. The summed E-state index contributed by atoms with van der Waals surface area (Å²) in [6.07, 6.45) is 5.64. The Morgan fingerprint density at radius 3 is 3.10 bits per heavy atom. The van der Waals surface area contributed by atoms with Crippen molar-refractivity contribution in [1.29, 1.82) is 0 Å². The van der Waals surface area contributed by atoms with Crippen LogP contribution in [-0.2, 0) is 6.54 Å². The number of nitrogens with two attached hydrogens (primary N) is 1. The summed E-state index contributed by atoms with van der Waals surface area (Å²) in [6, 6.07) is 0.490. The normalized spacial score (nSPS) is 14.2. The standard InChI is InChI=1S/C11H15N7OS/c12-9-8(20-11(16-9)15-7-1-2-7)10(19)13-3-5-18-6-4-14-17-18/h4,6-7H,1-3,5,12H2,(H,13,19)(H,15,16). The third-order valence-corrected chi connectivity index (χ3v) is 3.86. The molecule has 3 rings (SSSR count). The first-order valence-electron chi connectivity index (χ1n) is 6.37. The first-order valence-corrected chi connectivity index (χ1v) is 7.19. The third kappa shape index (κ3) is 3.05. The lowest BCUT2D eigenvalue weighted by atomic mass is 10.4. The van der Waals surface area contributed by atoms with Gasteiger partial charge in [0.05, 0.1) is 12.7 Å². The monoisotopic (exact) mass is 293 g/mol. The zero-order chi connectivity index (χ0) is 13.9. The number of thiazole rings is 1. The van der Waals surface area contributed by atoms with Crippen molar-refractivity contribution in [3.8, 4) is 0 Å². The number of nitrogen functional groups attached to an aromatic ring is 1. The van der Waals surface area contributed by atoms with Crippen molar-refractivity contribution in [2.45, 2.75) is 25.4 Å². The van der Waals surface area contributed by atoms with Gasteiger partial charge >= 0.3 is 0 Å². The maximum absolute atomic E-state index is 12.0. The maximum Gasteiger partial charge on any atom is 0.265 e. The minimum Gasteiger partial charge on any atom is -0.382 e. The molecule has 4 N–H and O–H groups in total. The second-order valence-electron chi connectivity index (χ2n) is 4.57. The molecule has 0 radical (unpaired) electrons. The van der Waals surface area contributed by atoms with E-state index < -0.39 is 0 Å². The fraction of sp³-hybridized carbons (Fsp3) is 0.455. The van der Waals surface area contributed by atoms with E-state index in [1.165, 1.54) is 11.3 Å². The van der Waals surface area contributed by atoms with Gasteiger partial charge in [0.15, 0.2) is 5.13 Å². The molecule has 0 aromatic carbocycles. The number of hydrogen-bond donors (Lipinski definition) is 3. The number of aromatic nitrogens is 4. The van der Waals surface area contributed by atoms with E-state index in [2.05, 4.69) is 25.9 Å². The van der Waals surface area contributed by atoms with E-state index >= 15 is 0 Å². The largest absolute Gasteiger partial charge is 0.382 e. The molecular weight excluding hydrogens is 278 g/mol. The Labute approximate surface area is 119 Å². The van der Waals surface area contributed by atoms with Gasteiger partial charge in [-0.15, -0.1) is 5.10 Å². The summed E-state index contributed by atoms with van der Waals surface area (Å²) >= 11 is 1.29. The molecule has 20 heavy (non-hydrogen) atoms. The summed E-state index contributed by atoms with van der Waals surface area (Å²) in [5.74, 6) is 0.0698. The van der Waals surface area contributed by atoms with Crippen LogP contribution < -0.4 is 16.4 Å². The smallest absolute Gasteiger partial charge is 0.265 e. The van der Waals surface area contributed by atoms with E-state index in [9.17, 15) is 4.79 Å². The van der Waals surface area contributed by atoms with Crippen LogP contribution in [0.25, 0.3) is 0 Å².